The van der Waals surface area contributed by atoms with E-state index in [1.165, 1.54) is 36.0 Å². The Morgan fingerprint density at radius 2 is 2.24 bits per heavy atom. The van der Waals surface area contributed by atoms with E-state index in [0.29, 0.717) is 6.04 Å². The van der Waals surface area contributed by atoms with Gasteiger partial charge in [-0.2, -0.15) is 0 Å². The van der Waals surface area contributed by atoms with Crippen molar-refractivity contribution in [2.75, 3.05) is 13.7 Å². The van der Waals surface area contributed by atoms with Crippen molar-refractivity contribution in [1.82, 2.24) is 5.32 Å². The molecule has 0 fully saturated rings. The molecule has 2 aliphatic rings. The van der Waals surface area contributed by atoms with Gasteiger partial charge in [-0.15, -0.1) is 0 Å². The summed E-state index contributed by atoms with van der Waals surface area (Å²) < 4.78 is 5.81. The topological polar surface area (TPSA) is 21.3 Å². The number of nitrogens with one attached hydrogen (secondary N) is 1. The van der Waals surface area contributed by atoms with Crippen LogP contribution in [0.3, 0.4) is 0 Å². The summed E-state index contributed by atoms with van der Waals surface area (Å²) >= 11 is 6.48. The maximum absolute atomic E-state index is 6.48. The zero-order valence-corrected chi connectivity index (χ0v) is 10.9. The van der Waals surface area contributed by atoms with Crippen molar-refractivity contribution in [2.45, 2.75) is 38.1 Å². The molecule has 0 aromatic heterocycles. The van der Waals surface area contributed by atoms with E-state index in [9.17, 15) is 0 Å². The van der Waals surface area contributed by atoms with Crippen LogP contribution in [0, 0.1) is 0 Å². The van der Waals surface area contributed by atoms with E-state index < -0.39 is 0 Å². The van der Waals surface area contributed by atoms with Crippen molar-refractivity contribution < 1.29 is 4.74 Å². The maximum Gasteiger partial charge on any atom is 0.126 e. The van der Waals surface area contributed by atoms with Crippen LogP contribution in [-0.2, 0) is 12.8 Å². The second-order valence-electron chi connectivity index (χ2n) is 4.92. The molecule has 2 nitrogen and oxygen atoms in total. The summed E-state index contributed by atoms with van der Waals surface area (Å²) in [5.74, 6) is 1.13. The molecule has 0 saturated heterocycles. The third kappa shape index (κ3) is 1.84. The van der Waals surface area contributed by atoms with Gasteiger partial charge >= 0.3 is 0 Å². The highest BCUT2D eigenvalue weighted by molar-refractivity contribution is 6.31. The number of halogens is 1. The van der Waals surface area contributed by atoms with Gasteiger partial charge in [0.1, 0.15) is 5.75 Å². The SMILES string of the molecule is CNC1CCCCc2c3c(cc(Cl)c21)CCO3. The molecule has 1 unspecified atom stereocenters. The first kappa shape index (κ1) is 11.4. The molecule has 3 heteroatoms. The molecular weight excluding hydrogens is 234 g/mol. The number of hydrogen-bond donors (Lipinski definition) is 1. The predicted octanol–water partition coefficient (Wildman–Crippen LogP) is 3.26. The molecule has 0 saturated carbocycles. The largest absolute Gasteiger partial charge is 0.493 e. The lowest BCUT2D eigenvalue weighted by molar-refractivity contribution is 0.352. The first-order valence-electron chi connectivity index (χ1n) is 6.45. The Balaban J connectivity index is 2.18. The van der Waals surface area contributed by atoms with Crippen molar-refractivity contribution >= 4 is 11.6 Å². The van der Waals surface area contributed by atoms with Crippen molar-refractivity contribution in [3.05, 3.63) is 27.8 Å². The average Bonchev–Trinajstić information content (AvgIpc) is 2.67. The number of hydrogen-bond acceptors (Lipinski definition) is 2. The van der Waals surface area contributed by atoms with Crippen LogP contribution in [0.1, 0.15) is 42.0 Å². The molecule has 0 bridgehead atoms. The van der Waals surface area contributed by atoms with Crippen LogP contribution < -0.4 is 10.1 Å². The third-order valence-electron chi connectivity index (χ3n) is 3.93. The fraction of sp³-hybridized carbons (Fsp3) is 0.571. The lowest BCUT2D eigenvalue weighted by atomic mass is 9.95. The third-order valence-corrected chi connectivity index (χ3v) is 4.25. The minimum absolute atomic E-state index is 0.384. The van der Waals surface area contributed by atoms with Crippen LogP contribution in [0.2, 0.25) is 5.02 Å². The van der Waals surface area contributed by atoms with Crippen molar-refractivity contribution in [3.63, 3.8) is 0 Å². The zero-order chi connectivity index (χ0) is 11.8. The number of ether oxygens (including phenoxy) is 1. The fourth-order valence-electron chi connectivity index (χ4n) is 3.09. The molecule has 1 N–H and O–H groups in total. The van der Waals surface area contributed by atoms with Gasteiger partial charge in [-0.3, -0.25) is 0 Å². The minimum Gasteiger partial charge on any atom is -0.493 e. The van der Waals surface area contributed by atoms with E-state index in [0.717, 1.165) is 30.2 Å². The summed E-state index contributed by atoms with van der Waals surface area (Å²) in [5.41, 5.74) is 3.94. The molecule has 92 valence electrons. The summed E-state index contributed by atoms with van der Waals surface area (Å²) in [6.45, 7) is 0.812. The monoisotopic (exact) mass is 251 g/mol. The van der Waals surface area contributed by atoms with Gasteiger partial charge in [0.15, 0.2) is 0 Å². The van der Waals surface area contributed by atoms with Crippen molar-refractivity contribution in [1.29, 1.82) is 0 Å². The van der Waals surface area contributed by atoms with Gasteiger partial charge in [0.05, 0.1) is 6.61 Å². The highest BCUT2D eigenvalue weighted by atomic mass is 35.5. The van der Waals surface area contributed by atoms with Gasteiger partial charge < -0.3 is 10.1 Å². The molecule has 1 atom stereocenters. The van der Waals surface area contributed by atoms with E-state index >= 15 is 0 Å². The molecule has 1 aromatic rings. The number of benzene rings is 1. The number of fused-ring (bicyclic) bond motifs is 3. The number of rotatable bonds is 1. The van der Waals surface area contributed by atoms with Crippen molar-refractivity contribution in [2.24, 2.45) is 0 Å². The molecule has 1 aliphatic heterocycles. The van der Waals surface area contributed by atoms with E-state index in [-0.39, 0.29) is 0 Å². The lowest BCUT2D eigenvalue weighted by Crippen LogP contribution is -2.17. The van der Waals surface area contributed by atoms with Gasteiger partial charge in [0.2, 0.25) is 0 Å². The molecule has 1 aliphatic carbocycles. The molecule has 0 amide bonds. The van der Waals surface area contributed by atoms with Crippen molar-refractivity contribution in [3.8, 4) is 5.75 Å². The Morgan fingerprint density at radius 1 is 1.35 bits per heavy atom. The fourth-order valence-corrected chi connectivity index (χ4v) is 3.47. The Kier molecular flexibility index (Phi) is 3.01. The molecule has 1 heterocycles. The van der Waals surface area contributed by atoms with Crippen LogP contribution in [0.15, 0.2) is 6.07 Å². The van der Waals surface area contributed by atoms with E-state index in [1.54, 1.807) is 0 Å². The van der Waals surface area contributed by atoms with Gasteiger partial charge in [-0.25, -0.2) is 0 Å². The quantitative estimate of drug-likeness (QED) is 0.774. The standard InChI is InChI=1S/C14H18ClNO/c1-16-12-5-3-2-4-10-13(12)11(15)8-9-6-7-17-14(9)10/h8,12,16H,2-7H2,1H3. The summed E-state index contributed by atoms with van der Waals surface area (Å²) in [6.07, 6.45) is 5.78. The Labute approximate surface area is 107 Å². The summed E-state index contributed by atoms with van der Waals surface area (Å²) in [6, 6.07) is 2.49. The summed E-state index contributed by atoms with van der Waals surface area (Å²) in [5, 5.41) is 4.31. The Hall–Kier alpha value is -0.730. The van der Waals surface area contributed by atoms with E-state index in [2.05, 4.69) is 11.4 Å². The van der Waals surface area contributed by atoms with Crippen LogP contribution in [-0.4, -0.2) is 13.7 Å². The first-order valence-corrected chi connectivity index (χ1v) is 6.83. The van der Waals surface area contributed by atoms with Gasteiger partial charge in [0.25, 0.3) is 0 Å². The average molecular weight is 252 g/mol. The molecule has 17 heavy (non-hydrogen) atoms. The molecule has 3 rings (SSSR count). The molecular formula is C14H18ClNO. The van der Waals surface area contributed by atoms with Gasteiger partial charge in [0, 0.05) is 23.0 Å². The maximum atomic E-state index is 6.48. The van der Waals surface area contributed by atoms with Crippen LogP contribution in [0.25, 0.3) is 0 Å². The van der Waals surface area contributed by atoms with E-state index in [1.807, 2.05) is 7.05 Å². The van der Waals surface area contributed by atoms with Crippen LogP contribution >= 0.6 is 11.6 Å². The lowest BCUT2D eigenvalue weighted by Gasteiger charge is -2.20. The summed E-state index contributed by atoms with van der Waals surface area (Å²) in [7, 11) is 2.02. The predicted molar refractivity (Wildman–Crippen MR) is 70.0 cm³/mol. The summed E-state index contributed by atoms with van der Waals surface area (Å²) in [4.78, 5) is 0. The second kappa shape index (κ2) is 4.51. The van der Waals surface area contributed by atoms with Gasteiger partial charge in [-0.05, 0) is 43.5 Å². The highest BCUT2D eigenvalue weighted by Crippen LogP contribution is 2.42. The molecule has 0 spiro atoms. The first-order chi connectivity index (χ1) is 8.31. The molecule has 1 aromatic carbocycles. The molecule has 0 radical (unpaired) electrons. The van der Waals surface area contributed by atoms with Crippen LogP contribution in [0.5, 0.6) is 5.75 Å². The van der Waals surface area contributed by atoms with E-state index in [4.69, 9.17) is 16.3 Å². The normalized spacial score (nSPS) is 22.6. The minimum atomic E-state index is 0.384. The smallest absolute Gasteiger partial charge is 0.126 e. The Morgan fingerprint density at radius 3 is 3.06 bits per heavy atom. The highest BCUT2D eigenvalue weighted by Gasteiger charge is 2.27. The second-order valence-corrected chi connectivity index (χ2v) is 5.33. The van der Waals surface area contributed by atoms with Crippen LogP contribution in [0.4, 0.5) is 0 Å². The van der Waals surface area contributed by atoms with Gasteiger partial charge in [-0.1, -0.05) is 18.0 Å². The Bertz CT molecular complexity index is 444. The zero-order valence-electron chi connectivity index (χ0n) is 10.2.